The average molecular weight is 340 g/mol. The highest BCUT2D eigenvalue weighted by molar-refractivity contribution is 6.41. The van der Waals surface area contributed by atoms with Crippen molar-refractivity contribution < 1.29 is 9.90 Å². The van der Waals surface area contributed by atoms with Crippen LogP contribution in [0.15, 0.2) is 72.8 Å². The number of nitrogens with one attached hydrogen (secondary N) is 1. The van der Waals surface area contributed by atoms with Crippen molar-refractivity contribution in [3.63, 3.8) is 0 Å². The molecule has 1 aliphatic carbocycles. The monoisotopic (exact) mass is 340 g/mol. The fourth-order valence-corrected chi connectivity index (χ4v) is 3.29. The predicted octanol–water partition coefficient (Wildman–Crippen LogP) is 4.29. The summed E-state index contributed by atoms with van der Waals surface area (Å²) in [4.78, 5) is 13.0. The minimum absolute atomic E-state index is 0.0698. The summed E-state index contributed by atoms with van der Waals surface area (Å²) in [6, 6.07) is 20.0. The molecule has 0 aromatic heterocycles. The van der Waals surface area contributed by atoms with E-state index >= 15 is 0 Å². The quantitative estimate of drug-likeness (QED) is 0.480. The van der Waals surface area contributed by atoms with Gasteiger partial charge in [-0.05, 0) is 23.3 Å². The molecule has 4 nitrogen and oxygen atoms in total. The fourth-order valence-electron chi connectivity index (χ4n) is 3.29. The third kappa shape index (κ3) is 2.40. The first-order valence-electron chi connectivity index (χ1n) is 8.19. The summed E-state index contributed by atoms with van der Waals surface area (Å²) in [5, 5.41) is 19.2. The van der Waals surface area contributed by atoms with Crippen molar-refractivity contribution in [2.75, 3.05) is 5.73 Å². The van der Waals surface area contributed by atoms with Crippen LogP contribution in [-0.2, 0) is 0 Å². The number of hydrogen-bond donors (Lipinski definition) is 3. The average Bonchev–Trinajstić information content (AvgIpc) is 2.67. The Bertz CT molecular complexity index is 1070. The van der Waals surface area contributed by atoms with Crippen LogP contribution in [0.4, 0.5) is 5.69 Å². The number of hydrogen-bond acceptors (Lipinski definition) is 4. The third-order valence-corrected chi connectivity index (χ3v) is 4.53. The Morgan fingerprint density at radius 1 is 0.846 bits per heavy atom. The van der Waals surface area contributed by atoms with Gasteiger partial charge in [-0.1, -0.05) is 60.7 Å². The Morgan fingerprint density at radius 3 is 2.04 bits per heavy atom. The lowest BCUT2D eigenvalue weighted by Gasteiger charge is -2.21. The normalized spacial score (nSPS) is 13.3. The molecule has 0 amide bonds. The molecule has 1 aliphatic rings. The van der Waals surface area contributed by atoms with Crippen LogP contribution < -0.4 is 5.73 Å². The zero-order valence-corrected chi connectivity index (χ0v) is 13.9. The van der Waals surface area contributed by atoms with Crippen molar-refractivity contribution in [1.29, 1.82) is 5.41 Å². The molecule has 0 bridgehead atoms. The van der Waals surface area contributed by atoms with Gasteiger partial charge in [0, 0.05) is 16.8 Å². The Morgan fingerprint density at radius 2 is 1.42 bits per heavy atom. The van der Waals surface area contributed by atoms with Gasteiger partial charge in [-0.3, -0.25) is 4.79 Å². The topological polar surface area (TPSA) is 87.2 Å². The molecule has 0 heterocycles. The molecule has 0 radical (unpaired) electrons. The second-order valence-corrected chi connectivity index (χ2v) is 6.14. The smallest absolute Gasteiger partial charge is 0.196 e. The number of rotatable bonds is 2. The molecule has 0 atom stereocenters. The molecule has 0 saturated heterocycles. The predicted molar refractivity (Wildman–Crippen MR) is 104 cm³/mol. The Balaban J connectivity index is 1.93. The van der Waals surface area contributed by atoms with Gasteiger partial charge in [0.1, 0.15) is 5.75 Å². The van der Waals surface area contributed by atoms with E-state index in [0.29, 0.717) is 11.1 Å². The van der Waals surface area contributed by atoms with Gasteiger partial charge < -0.3 is 16.2 Å². The van der Waals surface area contributed by atoms with E-state index in [2.05, 4.69) is 0 Å². The summed E-state index contributed by atoms with van der Waals surface area (Å²) in [5.41, 5.74) is 9.30. The number of benzene rings is 3. The van der Waals surface area contributed by atoms with Gasteiger partial charge >= 0.3 is 0 Å². The zero-order chi connectivity index (χ0) is 18.3. The number of fused-ring (bicyclic) bond motifs is 1. The van der Waals surface area contributed by atoms with E-state index in [-0.39, 0.29) is 34.1 Å². The van der Waals surface area contributed by atoms with Crippen LogP contribution in [-0.4, -0.2) is 16.6 Å². The van der Waals surface area contributed by atoms with Gasteiger partial charge in [0.25, 0.3) is 0 Å². The van der Waals surface area contributed by atoms with Crippen LogP contribution in [0.5, 0.6) is 5.75 Å². The molecule has 4 N–H and O–H groups in total. The molecular weight excluding hydrogens is 324 g/mol. The van der Waals surface area contributed by atoms with E-state index in [0.717, 1.165) is 11.1 Å². The van der Waals surface area contributed by atoms with Crippen LogP contribution in [0.1, 0.15) is 21.5 Å². The number of ketones is 1. The lowest BCUT2D eigenvalue weighted by molar-refractivity contribution is 0.105. The number of nitrogen functional groups attached to an aromatic ring is 1. The molecule has 4 rings (SSSR count). The molecule has 3 aromatic rings. The van der Waals surface area contributed by atoms with Crippen molar-refractivity contribution >= 4 is 22.8 Å². The standard InChI is InChI=1S/C22H16N2O2/c23-17-11-15(13-7-3-1-4-8-13)21(25)19-18(24)12-16(22(26)20(17)19)14-9-5-2-6-10-14/h1-12,23,26H,24H2. The summed E-state index contributed by atoms with van der Waals surface area (Å²) in [7, 11) is 0. The number of phenols is 1. The molecule has 3 aromatic carbocycles. The largest absolute Gasteiger partial charge is 0.507 e. The molecule has 126 valence electrons. The molecule has 0 fully saturated rings. The maximum absolute atomic E-state index is 13.0. The maximum atomic E-state index is 13.0. The molecule has 0 unspecified atom stereocenters. The Hall–Kier alpha value is -3.66. The van der Waals surface area contributed by atoms with E-state index in [1.165, 1.54) is 6.08 Å². The molecule has 0 saturated carbocycles. The number of carbonyl (C=O) groups is 1. The first-order valence-corrected chi connectivity index (χ1v) is 8.19. The summed E-state index contributed by atoms with van der Waals surface area (Å²) in [5.74, 6) is -0.378. The number of Topliss-reactive ketones (excluding diaryl/α,β-unsaturated/α-hetero) is 1. The van der Waals surface area contributed by atoms with Crippen LogP contribution in [0, 0.1) is 5.41 Å². The highest BCUT2D eigenvalue weighted by atomic mass is 16.3. The summed E-state index contributed by atoms with van der Waals surface area (Å²) in [6.07, 6.45) is 1.49. The summed E-state index contributed by atoms with van der Waals surface area (Å²) in [6.45, 7) is 0. The lowest BCUT2D eigenvalue weighted by Crippen LogP contribution is -2.19. The lowest BCUT2D eigenvalue weighted by atomic mass is 9.82. The second-order valence-electron chi connectivity index (χ2n) is 6.14. The van der Waals surface area contributed by atoms with Crippen molar-refractivity contribution in [3.05, 3.63) is 89.5 Å². The van der Waals surface area contributed by atoms with Gasteiger partial charge in [-0.2, -0.15) is 0 Å². The highest BCUT2D eigenvalue weighted by Gasteiger charge is 2.30. The number of anilines is 1. The van der Waals surface area contributed by atoms with Gasteiger partial charge in [-0.15, -0.1) is 0 Å². The Labute approximate surface area is 150 Å². The van der Waals surface area contributed by atoms with Crippen molar-refractivity contribution in [2.24, 2.45) is 0 Å². The van der Waals surface area contributed by atoms with Crippen molar-refractivity contribution in [1.82, 2.24) is 0 Å². The first kappa shape index (κ1) is 15.8. The van der Waals surface area contributed by atoms with Crippen LogP contribution in [0.2, 0.25) is 0 Å². The zero-order valence-electron chi connectivity index (χ0n) is 13.9. The molecule has 4 heteroatoms. The van der Waals surface area contributed by atoms with Gasteiger partial charge in [0.15, 0.2) is 5.78 Å². The number of phenolic OH excluding ortho intramolecular Hbond substituents is 1. The van der Waals surface area contributed by atoms with Crippen LogP contribution in [0.3, 0.4) is 0 Å². The van der Waals surface area contributed by atoms with Crippen molar-refractivity contribution in [2.45, 2.75) is 0 Å². The van der Waals surface area contributed by atoms with Gasteiger partial charge in [0.2, 0.25) is 0 Å². The van der Waals surface area contributed by atoms with E-state index in [1.807, 2.05) is 60.7 Å². The molecule has 0 spiro atoms. The minimum atomic E-state index is -0.283. The fraction of sp³-hybridized carbons (Fsp3) is 0. The Kier molecular flexibility index (Phi) is 3.66. The van der Waals surface area contributed by atoms with E-state index in [4.69, 9.17) is 11.1 Å². The number of allylic oxidation sites excluding steroid dienone is 2. The van der Waals surface area contributed by atoms with Crippen LogP contribution in [0.25, 0.3) is 16.7 Å². The maximum Gasteiger partial charge on any atom is 0.196 e. The number of nitrogens with two attached hydrogens (primary N) is 1. The van der Waals surface area contributed by atoms with E-state index in [9.17, 15) is 9.90 Å². The highest BCUT2D eigenvalue weighted by Crippen LogP contribution is 2.41. The van der Waals surface area contributed by atoms with E-state index in [1.54, 1.807) is 6.07 Å². The summed E-state index contributed by atoms with van der Waals surface area (Å²) >= 11 is 0. The summed E-state index contributed by atoms with van der Waals surface area (Å²) < 4.78 is 0. The number of aromatic hydroxyl groups is 1. The first-order chi connectivity index (χ1) is 12.6. The SMILES string of the molecule is N=C1C=C(c2ccccc2)C(=O)c2c(N)cc(-c3ccccc3)c(O)c21. The minimum Gasteiger partial charge on any atom is -0.507 e. The van der Waals surface area contributed by atoms with E-state index < -0.39 is 0 Å². The molecule has 26 heavy (non-hydrogen) atoms. The van der Waals surface area contributed by atoms with Gasteiger partial charge in [-0.25, -0.2) is 0 Å². The molecule has 0 aliphatic heterocycles. The molecular formula is C22H16N2O2. The van der Waals surface area contributed by atoms with Crippen LogP contribution >= 0.6 is 0 Å². The van der Waals surface area contributed by atoms with Gasteiger partial charge in [0.05, 0.1) is 16.8 Å². The number of carbonyl (C=O) groups excluding carboxylic acids is 1. The third-order valence-electron chi connectivity index (χ3n) is 4.53. The van der Waals surface area contributed by atoms with Crippen molar-refractivity contribution in [3.8, 4) is 16.9 Å². The second kappa shape index (κ2) is 6.01.